The topological polar surface area (TPSA) is 30.7 Å². The van der Waals surface area contributed by atoms with Crippen LogP contribution < -0.4 is 17.3 Å². The van der Waals surface area contributed by atoms with E-state index < -0.39 is 0 Å². The first kappa shape index (κ1) is 14.9. The van der Waals surface area contributed by atoms with E-state index in [1.54, 1.807) is 12.1 Å². The van der Waals surface area contributed by atoms with E-state index in [1.165, 1.54) is 4.90 Å². The van der Waals surface area contributed by atoms with E-state index in [0.717, 1.165) is 6.54 Å². The van der Waals surface area contributed by atoms with Gasteiger partial charge < -0.3 is 22.0 Å². The highest BCUT2D eigenvalue weighted by molar-refractivity contribution is 5.89. The Kier molecular flexibility index (Phi) is 6.77. The Morgan fingerprint density at radius 3 is 2.38 bits per heavy atom. The normalized spacial score (nSPS) is 11.8. The van der Waals surface area contributed by atoms with Gasteiger partial charge in [-0.05, 0) is 19.1 Å². The number of rotatable bonds is 4. The zero-order valence-electron chi connectivity index (χ0n) is 9.87. The summed E-state index contributed by atoms with van der Waals surface area (Å²) in [5.74, 6) is -0.246. The first-order valence-electron chi connectivity index (χ1n) is 5.14. The fourth-order valence-electron chi connectivity index (χ4n) is 1.44. The van der Waals surface area contributed by atoms with Crippen molar-refractivity contribution in [2.45, 2.75) is 13.0 Å². The van der Waals surface area contributed by atoms with Crippen LogP contribution in [0.2, 0.25) is 0 Å². The highest BCUT2D eigenvalue weighted by Gasteiger charge is 2.13. The maximum atomic E-state index is 11.6. The third kappa shape index (κ3) is 5.14. The zero-order chi connectivity index (χ0) is 11.3. The number of nitrogens with one attached hydrogen (secondary N) is 1. The second-order valence-electron chi connectivity index (χ2n) is 3.99. The van der Waals surface area contributed by atoms with Crippen LogP contribution in [0.5, 0.6) is 0 Å². The van der Waals surface area contributed by atoms with E-state index in [-0.39, 0.29) is 24.5 Å². The number of hydrogen-bond acceptors (Lipinski definition) is 2. The number of carbonyl (C=O) groups excluding carboxylic acids is 1. The fourth-order valence-corrected chi connectivity index (χ4v) is 1.44. The first-order chi connectivity index (χ1) is 7.09. The van der Waals surface area contributed by atoms with Gasteiger partial charge in [0.15, 0.2) is 0 Å². The van der Waals surface area contributed by atoms with Gasteiger partial charge in [-0.2, -0.15) is 0 Å². The van der Waals surface area contributed by atoms with Crippen molar-refractivity contribution in [1.82, 2.24) is 0 Å². The van der Waals surface area contributed by atoms with Gasteiger partial charge in [-0.1, -0.05) is 18.2 Å². The summed E-state index contributed by atoms with van der Waals surface area (Å²) in [6.45, 7) is 2.73. The Morgan fingerprint density at radius 2 is 1.88 bits per heavy atom. The summed E-state index contributed by atoms with van der Waals surface area (Å²) in [5.41, 5.74) is 0.609. The highest BCUT2D eigenvalue weighted by atomic mass is 35.5. The number of halogens is 1. The molecule has 1 unspecified atom stereocenters. The molecule has 1 N–H and O–H groups in total. The van der Waals surface area contributed by atoms with Crippen molar-refractivity contribution in [3.05, 3.63) is 35.9 Å². The molecule has 3 nitrogen and oxygen atoms in total. The van der Waals surface area contributed by atoms with Crippen LogP contribution in [0.4, 0.5) is 0 Å². The van der Waals surface area contributed by atoms with Gasteiger partial charge in [-0.25, -0.2) is 4.79 Å². The summed E-state index contributed by atoms with van der Waals surface area (Å²) in [7, 11) is 4.07. The molecule has 1 rings (SSSR count). The molecule has 1 aromatic carbocycles. The monoisotopic (exact) mass is 243 g/mol. The Balaban J connectivity index is 0.00000225. The van der Waals surface area contributed by atoms with Gasteiger partial charge in [0.25, 0.3) is 0 Å². The number of quaternary nitrogens is 1. The zero-order valence-corrected chi connectivity index (χ0v) is 10.6. The summed E-state index contributed by atoms with van der Waals surface area (Å²) >= 11 is 0. The molecule has 1 atom stereocenters. The van der Waals surface area contributed by atoms with Crippen LogP contribution in [0.3, 0.4) is 0 Å². The molecule has 0 fully saturated rings. The second-order valence-corrected chi connectivity index (χ2v) is 3.99. The smallest absolute Gasteiger partial charge is 0.338 e. The molecule has 0 saturated carbocycles. The van der Waals surface area contributed by atoms with Crippen molar-refractivity contribution in [1.29, 1.82) is 0 Å². The standard InChI is InChI=1S/C12H17NO2.ClH/c1-10(9-13(2)3)15-12(14)11-7-5-4-6-8-11;/h4-8,10H,9H2,1-3H3;1H. The molecule has 0 heterocycles. The second kappa shape index (κ2) is 7.25. The molecule has 4 heteroatoms. The van der Waals surface area contributed by atoms with Crippen LogP contribution >= 0.6 is 0 Å². The van der Waals surface area contributed by atoms with Crippen molar-refractivity contribution in [3.8, 4) is 0 Å². The van der Waals surface area contributed by atoms with Crippen LogP contribution in [0.1, 0.15) is 17.3 Å². The van der Waals surface area contributed by atoms with Crippen LogP contribution in [0.25, 0.3) is 0 Å². The number of benzene rings is 1. The van der Waals surface area contributed by atoms with Gasteiger partial charge in [0, 0.05) is 0 Å². The molecule has 0 aliphatic heterocycles. The van der Waals surface area contributed by atoms with E-state index in [1.807, 2.05) is 39.2 Å². The molecule has 0 aliphatic rings. The van der Waals surface area contributed by atoms with Crippen LogP contribution in [-0.2, 0) is 4.74 Å². The predicted molar refractivity (Wildman–Crippen MR) is 59.0 cm³/mol. The molecule has 0 aliphatic carbocycles. The van der Waals surface area contributed by atoms with Crippen LogP contribution in [-0.4, -0.2) is 32.7 Å². The Bertz CT molecular complexity index is 314. The van der Waals surface area contributed by atoms with Crippen molar-refractivity contribution >= 4 is 5.97 Å². The molecular weight excluding hydrogens is 226 g/mol. The molecular formula is C12H18ClNO2. The summed E-state index contributed by atoms with van der Waals surface area (Å²) in [4.78, 5) is 12.9. The minimum Gasteiger partial charge on any atom is -1.00 e. The van der Waals surface area contributed by atoms with Gasteiger partial charge in [0.1, 0.15) is 12.6 Å². The number of hydrogen-bond donors (Lipinski definition) is 1. The molecule has 16 heavy (non-hydrogen) atoms. The number of likely N-dealkylation sites (N-methyl/N-ethyl adjacent to an activating group) is 1. The quantitative estimate of drug-likeness (QED) is 0.588. The van der Waals surface area contributed by atoms with Crippen molar-refractivity contribution in [2.24, 2.45) is 0 Å². The molecule has 90 valence electrons. The van der Waals surface area contributed by atoms with Gasteiger partial charge in [-0.3, -0.25) is 0 Å². The van der Waals surface area contributed by atoms with Crippen LogP contribution in [0.15, 0.2) is 30.3 Å². The molecule has 0 spiro atoms. The number of carbonyl (C=O) groups is 1. The SMILES string of the molecule is CC(C[NH+](C)C)OC(=O)c1ccccc1.[Cl-]. The molecule has 0 amide bonds. The van der Waals surface area contributed by atoms with Gasteiger partial charge in [-0.15, -0.1) is 0 Å². The molecule has 1 aromatic rings. The lowest BCUT2D eigenvalue weighted by Gasteiger charge is -2.15. The van der Waals surface area contributed by atoms with Gasteiger partial charge in [0.2, 0.25) is 0 Å². The van der Waals surface area contributed by atoms with Crippen molar-refractivity contribution in [2.75, 3.05) is 20.6 Å². The summed E-state index contributed by atoms with van der Waals surface area (Å²) < 4.78 is 5.29. The molecule has 0 radical (unpaired) electrons. The van der Waals surface area contributed by atoms with Gasteiger partial charge >= 0.3 is 5.97 Å². The Labute approximate surface area is 103 Å². The average molecular weight is 244 g/mol. The summed E-state index contributed by atoms with van der Waals surface area (Å²) in [5, 5.41) is 0. The maximum Gasteiger partial charge on any atom is 0.338 e. The van der Waals surface area contributed by atoms with Crippen LogP contribution in [0, 0.1) is 0 Å². The molecule has 0 aromatic heterocycles. The lowest BCUT2D eigenvalue weighted by atomic mass is 10.2. The average Bonchev–Trinajstić information content (AvgIpc) is 2.17. The van der Waals surface area contributed by atoms with E-state index in [4.69, 9.17) is 4.74 Å². The largest absolute Gasteiger partial charge is 1.00 e. The summed E-state index contributed by atoms with van der Waals surface area (Å²) in [6, 6.07) is 9.07. The van der Waals surface area contributed by atoms with E-state index in [0.29, 0.717) is 5.56 Å². The van der Waals surface area contributed by atoms with Crippen molar-refractivity contribution in [3.63, 3.8) is 0 Å². The minimum atomic E-state index is -0.246. The van der Waals surface area contributed by atoms with E-state index in [9.17, 15) is 4.79 Å². The summed E-state index contributed by atoms with van der Waals surface area (Å²) in [6.07, 6.45) is -0.0530. The number of ether oxygens (including phenoxy) is 1. The minimum absolute atomic E-state index is 0. The van der Waals surface area contributed by atoms with Crippen molar-refractivity contribution < 1.29 is 26.8 Å². The van der Waals surface area contributed by atoms with E-state index in [2.05, 4.69) is 0 Å². The maximum absolute atomic E-state index is 11.6. The lowest BCUT2D eigenvalue weighted by Crippen LogP contribution is -3.06. The third-order valence-electron chi connectivity index (χ3n) is 2.01. The third-order valence-corrected chi connectivity index (χ3v) is 2.01. The Hall–Kier alpha value is -1.06. The molecule has 0 bridgehead atoms. The fraction of sp³-hybridized carbons (Fsp3) is 0.417. The first-order valence-corrected chi connectivity index (χ1v) is 5.14. The number of esters is 1. The van der Waals surface area contributed by atoms with E-state index >= 15 is 0 Å². The predicted octanol–water partition coefficient (Wildman–Crippen LogP) is -2.62. The highest BCUT2D eigenvalue weighted by Crippen LogP contribution is 2.02. The Morgan fingerprint density at radius 1 is 1.31 bits per heavy atom. The van der Waals surface area contributed by atoms with Gasteiger partial charge in [0.05, 0.1) is 19.7 Å². The molecule has 0 saturated heterocycles. The lowest BCUT2D eigenvalue weighted by molar-refractivity contribution is -0.861.